The van der Waals surface area contributed by atoms with Crippen molar-refractivity contribution in [3.63, 3.8) is 0 Å². The molecule has 0 aromatic heterocycles. The Labute approximate surface area is 184 Å². The normalized spacial score (nSPS) is 18.4. The molecule has 0 bridgehead atoms. The fourth-order valence-corrected chi connectivity index (χ4v) is 4.84. The highest BCUT2D eigenvalue weighted by Gasteiger charge is 2.36. The number of carbonyl (C=O) groups excluding carboxylic acids is 3. The number of phenols is 1. The van der Waals surface area contributed by atoms with Gasteiger partial charge in [-0.3, -0.25) is 14.4 Å². The molecule has 0 heterocycles. The van der Waals surface area contributed by atoms with E-state index in [0.29, 0.717) is 24.8 Å². The van der Waals surface area contributed by atoms with Crippen LogP contribution in [0.4, 0.5) is 0 Å². The highest BCUT2D eigenvalue weighted by atomic mass is 16.3. The van der Waals surface area contributed by atoms with Crippen molar-refractivity contribution in [3.8, 4) is 5.75 Å². The third-order valence-corrected chi connectivity index (χ3v) is 6.42. The number of aliphatic hydroxyl groups is 2. The van der Waals surface area contributed by atoms with E-state index in [1.165, 1.54) is 6.92 Å². The SMILES string of the molecule is CC(=O)CC(=O)C(CO)C(CCO)CC1CC(=O)c2c(O)c(C(C)(C)C)cc(C)c2C1. The summed E-state index contributed by atoms with van der Waals surface area (Å²) in [6.07, 6.45) is 1.41. The molecule has 0 spiro atoms. The lowest BCUT2D eigenvalue weighted by atomic mass is 9.71. The number of phenolic OH excluding ortho intramolecular Hbond substituents is 1. The smallest absolute Gasteiger partial charge is 0.167 e. The maximum atomic E-state index is 13.0. The third-order valence-electron chi connectivity index (χ3n) is 6.42. The molecule has 1 aromatic carbocycles. The molecular weight excluding hydrogens is 396 g/mol. The summed E-state index contributed by atoms with van der Waals surface area (Å²) in [7, 11) is 0. The zero-order valence-electron chi connectivity index (χ0n) is 19.3. The lowest BCUT2D eigenvalue weighted by Crippen LogP contribution is -2.32. The Kier molecular flexibility index (Phi) is 8.17. The van der Waals surface area contributed by atoms with Crippen LogP contribution < -0.4 is 0 Å². The first-order chi connectivity index (χ1) is 14.4. The second kappa shape index (κ2) is 10.0. The van der Waals surface area contributed by atoms with E-state index >= 15 is 0 Å². The van der Waals surface area contributed by atoms with Crippen molar-refractivity contribution >= 4 is 17.3 Å². The van der Waals surface area contributed by atoms with Crippen molar-refractivity contribution in [1.29, 1.82) is 0 Å². The number of hydrogen-bond acceptors (Lipinski definition) is 6. The van der Waals surface area contributed by atoms with Gasteiger partial charge in [-0.05, 0) is 61.5 Å². The number of fused-ring (bicyclic) bond motifs is 1. The molecule has 0 saturated heterocycles. The van der Waals surface area contributed by atoms with Crippen molar-refractivity contribution in [2.45, 2.75) is 72.1 Å². The molecule has 3 N–H and O–H groups in total. The lowest BCUT2D eigenvalue weighted by Gasteiger charge is -2.33. The van der Waals surface area contributed by atoms with Crippen LogP contribution in [0.1, 0.15) is 80.4 Å². The standard InChI is InChI=1S/C25H36O6/c1-14-8-20(25(3,4)5)24(31)23-18(14)11-16(12-22(23)30)10-17(6-7-26)19(13-27)21(29)9-15(2)28/h8,16-17,19,26-27,31H,6-7,9-13H2,1-5H3. The van der Waals surface area contributed by atoms with E-state index < -0.39 is 5.92 Å². The molecule has 6 heteroatoms. The van der Waals surface area contributed by atoms with Gasteiger partial charge in [0.05, 0.1) is 18.6 Å². The Hall–Kier alpha value is -2.05. The molecule has 0 fully saturated rings. The minimum atomic E-state index is -0.731. The highest BCUT2D eigenvalue weighted by molar-refractivity contribution is 6.02. The number of hydrogen-bond donors (Lipinski definition) is 3. The predicted octanol–water partition coefficient (Wildman–Crippen LogP) is 3.29. The average Bonchev–Trinajstić information content (AvgIpc) is 2.63. The summed E-state index contributed by atoms with van der Waals surface area (Å²) < 4.78 is 0. The van der Waals surface area contributed by atoms with E-state index in [4.69, 9.17) is 0 Å². The van der Waals surface area contributed by atoms with Crippen LogP contribution in [0.2, 0.25) is 0 Å². The summed E-state index contributed by atoms with van der Waals surface area (Å²) in [5.74, 6) is -1.73. The fourth-order valence-electron chi connectivity index (χ4n) is 4.84. The number of Topliss-reactive ketones (excluding diaryl/α,β-unsaturated/α-hetero) is 3. The Bertz CT molecular complexity index is 849. The lowest BCUT2D eigenvalue weighted by molar-refractivity contribution is -0.131. The van der Waals surface area contributed by atoms with E-state index in [2.05, 4.69) is 0 Å². The summed E-state index contributed by atoms with van der Waals surface area (Å²) >= 11 is 0. The molecule has 3 unspecified atom stereocenters. The van der Waals surface area contributed by atoms with E-state index in [-0.39, 0.29) is 66.4 Å². The Morgan fingerprint density at radius 2 is 1.84 bits per heavy atom. The van der Waals surface area contributed by atoms with Gasteiger partial charge in [0.2, 0.25) is 0 Å². The average molecular weight is 433 g/mol. The van der Waals surface area contributed by atoms with Gasteiger partial charge in [0.15, 0.2) is 5.78 Å². The minimum Gasteiger partial charge on any atom is -0.507 e. The van der Waals surface area contributed by atoms with Crippen LogP contribution >= 0.6 is 0 Å². The van der Waals surface area contributed by atoms with Crippen molar-refractivity contribution < 1.29 is 29.7 Å². The summed E-state index contributed by atoms with van der Waals surface area (Å²) in [4.78, 5) is 36.9. The molecule has 31 heavy (non-hydrogen) atoms. The molecule has 0 aliphatic heterocycles. The first kappa shape index (κ1) is 25.2. The molecule has 1 aliphatic rings. The summed E-state index contributed by atoms with van der Waals surface area (Å²) in [5.41, 5.74) is 2.67. The minimum absolute atomic E-state index is 0.0608. The molecule has 172 valence electrons. The molecule has 1 aromatic rings. The zero-order valence-corrected chi connectivity index (χ0v) is 19.3. The summed E-state index contributed by atoms with van der Waals surface area (Å²) in [5, 5.41) is 30.2. The van der Waals surface area contributed by atoms with Gasteiger partial charge >= 0.3 is 0 Å². The van der Waals surface area contributed by atoms with E-state index in [1.807, 2.05) is 33.8 Å². The van der Waals surface area contributed by atoms with Gasteiger partial charge in [-0.15, -0.1) is 0 Å². The maximum absolute atomic E-state index is 13.0. The monoisotopic (exact) mass is 432 g/mol. The number of benzene rings is 1. The number of rotatable bonds is 9. The van der Waals surface area contributed by atoms with Crippen LogP contribution in [0, 0.1) is 24.7 Å². The molecule has 0 radical (unpaired) electrons. The van der Waals surface area contributed by atoms with Crippen molar-refractivity contribution in [1.82, 2.24) is 0 Å². The van der Waals surface area contributed by atoms with Gasteiger partial charge in [0, 0.05) is 24.5 Å². The number of ketones is 3. The third kappa shape index (κ3) is 5.80. The maximum Gasteiger partial charge on any atom is 0.167 e. The second-order valence-corrected chi connectivity index (χ2v) is 10.0. The van der Waals surface area contributed by atoms with E-state index in [9.17, 15) is 29.7 Å². The molecule has 6 nitrogen and oxygen atoms in total. The number of carbonyl (C=O) groups is 3. The highest BCUT2D eigenvalue weighted by Crippen LogP contribution is 2.42. The molecule has 2 rings (SSSR count). The largest absolute Gasteiger partial charge is 0.507 e. The van der Waals surface area contributed by atoms with E-state index in [1.54, 1.807) is 0 Å². The van der Waals surface area contributed by atoms with Crippen LogP contribution in [0.5, 0.6) is 5.75 Å². The second-order valence-electron chi connectivity index (χ2n) is 10.0. The molecular formula is C25H36O6. The van der Waals surface area contributed by atoms with Crippen LogP contribution in [0.15, 0.2) is 6.07 Å². The first-order valence-electron chi connectivity index (χ1n) is 11.0. The number of aromatic hydroxyl groups is 1. The molecule has 0 saturated carbocycles. The molecule has 0 amide bonds. The Morgan fingerprint density at radius 3 is 2.35 bits per heavy atom. The Balaban J connectivity index is 2.32. The van der Waals surface area contributed by atoms with Gasteiger partial charge in [-0.2, -0.15) is 0 Å². The van der Waals surface area contributed by atoms with Crippen molar-refractivity contribution in [2.24, 2.45) is 17.8 Å². The van der Waals surface area contributed by atoms with Gasteiger partial charge in [-0.25, -0.2) is 0 Å². The topological polar surface area (TPSA) is 112 Å². The number of aryl methyl sites for hydroxylation is 1. The van der Waals surface area contributed by atoms with Gasteiger partial charge in [-0.1, -0.05) is 26.8 Å². The van der Waals surface area contributed by atoms with Crippen LogP contribution in [0.3, 0.4) is 0 Å². The first-order valence-corrected chi connectivity index (χ1v) is 11.0. The summed E-state index contributed by atoms with van der Waals surface area (Å²) in [6.45, 7) is 8.75. The van der Waals surface area contributed by atoms with Crippen LogP contribution in [0.25, 0.3) is 0 Å². The van der Waals surface area contributed by atoms with Gasteiger partial charge < -0.3 is 15.3 Å². The van der Waals surface area contributed by atoms with Crippen molar-refractivity contribution in [2.75, 3.05) is 13.2 Å². The van der Waals surface area contributed by atoms with Crippen LogP contribution in [-0.4, -0.2) is 45.9 Å². The van der Waals surface area contributed by atoms with Gasteiger partial charge in [0.25, 0.3) is 0 Å². The van der Waals surface area contributed by atoms with E-state index in [0.717, 1.165) is 16.7 Å². The zero-order chi connectivity index (χ0) is 23.5. The quantitative estimate of drug-likeness (QED) is 0.516. The van der Waals surface area contributed by atoms with Gasteiger partial charge in [0.1, 0.15) is 17.3 Å². The van der Waals surface area contributed by atoms with Crippen molar-refractivity contribution in [3.05, 3.63) is 28.3 Å². The Morgan fingerprint density at radius 1 is 1.19 bits per heavy atom. The number of aliphatic hydroxyl groups excluding tert-OH is 2. The molecule has 3 atom stereocenters. The fraction of sp³-hybridized carbons (Fsp3) is 0.640. The molecule has 1 aliphatic carbocycles. The predicted molar refractivity (Wildman–Crippen MR) is 118 cm³/mol. The van der Waals surface area contributed by atoms with Crippen LogP contribution in [-0.2, 0) is 21.4 Å². The summed E-state index contributed by atoms with van der Waals surface area (Å²) in [6, 6.07) is 1.95.